The summed E-state index contributed by atoms with van der Waals surface area (Å²) in [5, 5.41) is 17.4. The van der Waals surface area contributed by atoms with Gasteiger partial charge in [-0.15, -0.1) is 24.0 Å². The Labute approximate surface area is 204 Å². The molecule has 32 heavy (non-hydrogen) atoms. The molecule has 0 atom stereocenters. The van der Waals surface area contributed by atoms with Gasteiger partial charge in [0.1, 0.15) is 5.82 Å². The number of nitrogens with zero attached hydrogens (tertiary/aromatic N) is 3. The molecule has 174 valence electrons. The molecule has 0 bridgehead atoms. The third-order valence-electron chi connectivity index (χ3n) is 5.04. The number of hydrogen-bond acceptors (Lipinski definition) is 5. The number of halogens is 2. The van der Waals surface area contributed by atoms with Crippen LogP contribution in [-0.4, -0.2) is 61.7 Å². The number of benzene rings is 2. The van der Waals surface area contributed by atoms with Gasteiger partial charge in [-0.2, -0.15) is 0 Å². The maximum Gasteiger partial charge on any atom is 0.269 e. The van der Waals surface area contributed by atoms with Gasteiger partial charge >= 0.3 is 0 Å². The van der Waals surface area contributed by atoms with Crippen LogP contribution in [0, 0.1) is 15.9 Å². The van der Waals surface area contributed by atoms with Crippen LogP contribution < -0.4 is 10.6 Å². The number of hydrogen-bond donors (Lipinski definition) is 2. The molecule has 1 aliphatic heterocycles. The van der Waals surface area contributed by atoms with E-state index >= 15 is 0 Å². The molecule has 3 rings (SSSR count). The Kier molecular flexibility index (Phi) is 11.3. The van der Waals surface area contributed by atoms with Gasteiger partial charge in [0.05, 0.1) is 24.7 Å². The summed E-state index contributed by atoms with van der Waals surface area (Å²) in [4.78, 5) is 17.3. The Bertz CT molecular complexity index is 876. The van der Waals surface area contributed by atoms with E-state index < -0.39 is 4.92 Å². The molecule has 0 amide bonds. The third-order valence-corrected chi connectivity index (χ3v) is 5.04. The predicted molar refractivity (Wildman–Crippen MR) is 133 cm³/mol. The molecule has 1 aliphatic rings. The van der Waals surface area contributed by atoms with Crippen LogP contribution in [0.5, 0.6) is 0 Å². The van der Waals surface area contributed by atoms with Crippen molar-refractivity contribution in [3.8, 4) is 0 Å². The molecule has 0 spiro atoms. The van der Waals surface area contributed by atoms with Gasteiger partial charge in [-0.3, -0.25) is 15.0 Å². The zero-order valence-electron chi connectivity index (χ0n) is 17.8. The quantitative estimate of drug-likeness (QED) is 0.162. The molecule has 0 radical (unpaired) electrons. The maximum atomic E-state index is 13.8. The average Bonchev–Trinajstić information content (AvgIpc) is 2.79. The molecule has 0 aromatic heterocycles. The van der Waals surface area contributed by atoms with Crippen molar-refractivity contribution in [3.63, 3.8) is 0 Å². The molecule has 0 aliphatic carbocycles. The third kappa shape index (κ3) is 8.67. The Balaban J connectivity index is 0.00000363. The molecule has 10 heteroatoms. The molecule has 1 heterocycles. The lowest BCUT2D eigenvalue weighted by Crippen LogP contribution is -2.44. The van der Waals surface area contributed by atoms with E-state index in [1.807, 2.05) is 6.07 Å². The number of non-ortho nitro benzene ring substituents is 1. The van der Waals surface area contributed by atoms with Crippen LogP contribution >= 0.6 is 24.0 Å². The molecule has 0 unspecified atom stereocenters. The van der Waals surface area contributed by atoms with Crippen LogP contribution in [0.3, 0.4) is 0 Å². The van der Waals surface area contributed by atoms with Crippen molar-refractivity contribution in [1.29, 1.82) is 0 Å². The number of morpholine rings is 1. The van der Waals surface area contributed by atoms with Crippen LogP contribution in [0.2, 0.25) is 0 Å². The van der Waals surface area contributed by atoms with Crippen molar-refractivity contribution in [1.82, 2.24) is 15.5 Å². The summed E-state index contributed by atoms with van der Waals surface area (Å²) in [6.07, 6.45) is 0.536. The van der Waals surface area contributed by atoms with E-state index in [1.165, 1.54) is 18.2 Å². The van der Waals surface area contributed by atoms with Crippen LogP contribution in [0.25, 0.3) is 0 Å². The first-order valence-corrected chi connectivity index (χ1v) is 10.4. The minimum Gasteiger partial charge on any atom is -0.379 e. The first-order chi connectivity index (χ1) is 15.1. The lowest BCUT2D eigenvalue weighted by Gasteiger charge is -2.26. The molecule has 2 aromatic carbocycles. The van der Waals surface area contributed by atoms with Gasteiger partial charge < -0.3 is 15.4 Å². The van der Waals surface area contributed by atoms with E-state index in [2.05, 4.69) is 20.5 Å². The van der Waals surface area contributed by atoms with Crippen molar-refractivity contribution in [2.45, 2.75) is 13.0 Å². The van der Waals surface area contributed by atoms with Gasteiger partial charge in [0, 0.05) is 44.9 Å². The molecule has 8 nitrogen and oxygen atoms in total. The summed E-state index contributed by atoms with van der Waals surface area (Å²) in [5.41, 5.74) is 1.58. The van der Waals surface area contributed by atoms with Gasteiger partial charge in [-0.25, -0.2) is 9.38 Å². The molecule has 1 saturated heterocycles. The molecule has 2 N–H and O–H groups in total. The lowest BCUT2D eigenvalue weighted by atomic mass is 10.1. The van der Waals surface area contributed by atoms with Gasteiger partial charge in [0.2, 0.25) is 0 Å². The molecule has 2 aromatic rings. The molecule has 1 fully saturated rings. The first-order valence-electron chi connectivity index (χ1n) is 10.4. The fourth-order valence-electron chi connectivity index (χ4n) is 3.24. The fourth-order valence-corrected chi connectivity index (χ4v) is 3.24. The minimum atomic E-state index is -0.421. The standard InChI is InChI=1S/C22H28FN5O3.HI/c23-21-4-2-1-3-19(21)9-10-24-22(25-11-12-27-13-15-31-16-14-27)26-17-18-5-7-20(8-6-18)28(29)30;/h1-8H,9-17H2,(H2,24,25,26);1H. The second kappa shape index (κ2) is 14.0. The number of nitrogens with one attached hydrogen (secondary N) is 2. The second-order valence-electron chi connectivity index (χ2n) is 7.24. The van der Waals surface area contributed by atoms with Gasteiger partial charge in [0.25, 0.3) is 5.69 Å². The number of rotatable bonds is 9. The van der Waals surface area contributed by atoms with Crippen molar-refractivity contribution in [2.24, 2.45) is 4.99 Å². The largest absolute Gasteiger partial charge is 0.379 e. The van der Waals surface area contributed by atoms with Crippen LogP contribution in [0.15, 0.2) is 53.5 Å². The Morgan fingerprint density at radius 1 is 1.09 bits per heavy atom. The number of aliphatic imine (C=N–C) groups is 1. The minimum absolute atomic E-state index is 0. The van der Waals surface area contributed by atoms with Crippen LogP contribution in [0.4, 0.5) is 10.1 Å². The Hall–Kier alpha value is -2.31. The van der Waals surface area contributed by atoms with E-state index in [9.17, 15) is 14.5 Å². The van der Waals surface area contributed by atoms with E-state index in [-0.39, 0.29) is 35.5 Å². The summed E-state index contributed by atoms with van der Waals surface area (Å²) in [6.45, 7) is 5.83. The predicted octanol–water partition coefficient (Wildman–Crippen LogP) is 2.96. The second-order valence-corrected chi connectivity index (χ2v) is 7.24. The van der Waals surface area contributed by atoms with E-state index in [0.717, 1.165) is 38.4 Å². The molecular weight excluding hydrogens is 528 g/mol. The zero-order chi connectivity index (χ0) is 21.9. The summed E-state index contributed by atoms with van der Waals surface area (Å²) < 4.78 is 19.2. The number of nitro benzene ring substituents is 1. The van der Waals surface area contributed by atoms with Crippen molar-refractivity contribution in [2.75, 3.05) is 45.9 Å². The number of ether oxygens (including phenoxy) is 1. The van der Waals surface area contributed by atoms with Crippen LogP contribution in [0.1, 0.15) is 11.1 Å². The topological polar surface area (TPSA) is 92.0 Å². The molecule has 0 saturated carbocycles. The van der Waals surface area contributed by atoms with Gasteiger partial charge in [-0.1, -0.05) is 30.3 Å². The summed E-state index contributed by atoms with van der Waals surface area (Å²) in [5.74, 6) is 0.414. The summed E-state index contributed by atoms with van der Waals surface area (Å²) >= 11 is 0. The molecular formula is C22H29FIN5O3. The average molecular weight is 557 g/mol. The summed E-state index contributed by atoms with van der Waals surface area (Å²) in [6, 6.07) is 13.1. The highest BCUT2D eigenvalue weighted by Gasteiger charge is 2.10. The Morgan fingerprint density at radius 3 is 2.47 bits per heavy atom. The van der Waals surface area contributed by atoms with E-state index in [1.54, 1.807) is 24.3 Å². The number of nitro groups is 1. The normalized spacial score (nSPS) is 14.5. The van der Waals surface area contributed by atoms with Crippen molar-refractivity contribution < 1.29 is 14.1 Å². The van der Waals surface area contributed by atoms with Crippen molar-refractivity contribution >= 4 is 35.6 Å². The lowest BCUT2D eigenvalue weighted by molar-refractivity contribution is -0.384. The van der Waals surface area contributed by atoms with Gasteiger partial charge in [0.15, 0.2) is 5.96 Å². The summed E-state index contributed by atoms with van der Waals surface area (Å²) in [7, 11) is 0. The first kappa shape index (κ1) is 25.9. The highest BCUT2D eigenvalue weighted by Crippen LogP contribution is 2.12. The van der Waals surface area contributed by atoms with Gasteiger partial charge in [-0.05, 0) is 23.6 Å². The monoisotopic (exact) mass is 557 g/mol. The SMILES string of the molecule is I.O=[N+]([O-])c1ccc(CN=C(NCCc2ccccc2F)NCCN2CCOCC2)cc1. The van der Waals surface area contributed by atoms with E-state index in [4.69, 9.17) is 4.74 Å². The zero-order valence-corrected chi connectivity index (χ0v) is 20.2. The highest BCUT2D eigenvalue weighted by atomic mass is 127. The fraction of sp³-hybridized carbons (Fsp3) is 0.409. The van der Waals surface area contributed by atoms with Crippen molar-refractivity contribution in [3.05, 3.63) is 75.6 Å². The maximum absolute atomic E-state index is 13.8. The van der Waals surface area contributed by atoms with Crippen LogP contribution in [-0.2, 0) is 17.7 Å². The smallest absolute Gasteiger partial charge is 0.269 e. The number of guanidine groups is 1. The Morgan fingerprint density at radius 2 is 1.78 bits per heavy atom. The van der Waals surface area contributed by atoms with E-state index in [0.29, 0.717) is 37.6 Å². The highest BCUT2D eigenvalue weighted by molar-refractivity contribution is 14.0.